The number of hydrogen-bond donors (Lipinski definition) is 1. The number of ether oxygens (including phenoxy) is 3. The van der Waals surface area contributed by atoms with Crippen molar-refractivity contribution >= 4 is 5.91 Å². The molecule has 2 heterocycles. The molecule has 0 bridgehead atoms. The van der Waals surface area contributed by atoms with Gasteiger partial charge in [0, 0.05) is 31.4 Å². The first-order chi connectivity index (χ1) is 13.1. The molecule has 1 saturated heterocycles. The number of pyridine rings is 1. The van der Waals surface area contributed by atoms with Crippen LogP contribution in [-0.4, -0.2) is 56.3 Å². The van der Waals surface area contributed by atoms with Gasteiger partial charge in [0.05, 0.1) is 33.1 Å². The molecule has 0 aliphatic carbocycles. The van der Waals surface area contributed by atoms with E-state index in [1.807, 2.05) is 36.1 Å². The number of carbonyl (C=O) groups is 1. The van der Waals surface area contributed by atoms with E-state index >= 15 is 0 Å². The molecule has 0 radical (unpaired) electrons. The van der Waals surface area contributed by atoms with Gasteiger partial charge in [-0.1, -0.05) is 0 Å². The number of benzene rings is 1. The maximum Gasteiger partial charge on any atom is 0.239 e. The molecule has 1 aromatic carbocycles. The van der Waals surface area contributed by atoms with Gasteiger partial charge < -0.3 is 24.4 Å². The highest BCUT2D eigenvalue weighted by Crippen LogP contribution is 2.40. The van der Waals surface area contributed by atoms with Crippen LogP contribution in [0, 0.1) is 0 Å². The van der Waals surface area contributed by atoms with Gasteiger partial charge in [0.25, 0.3) is 0 Å². The molecule has 1 fully saturated rings. The number of nitrogens with one attached hydrogen (secondary N) is 1. The van der Waals surface area contributed by atoms with E-state index in [0.29, 0.717) is 30.3 Å². The van der Waals surface area contributed by atoms with Crippen molar-refractivity contribution in [2.75, 3.05) is 34.4 Å². The van der Waals surface area contributed by atoms with Crippen molar-refractivity contribution in [2.45, 2.75) is 19.5 Å². The van der Waals surface area contributed by atoms with E-state index in [0.717, 1.165) is 23.4 Å². The third-order valence-corrected chi connectivity index (χ3v) is 4.67. The van der Waals surface area contributed by atoms with Crippen LogP contribution >= 0.6 is 0 Å². The molecule has 7 heteroatoms. The number of hydrogen-bond acceptors (Lipinski definition) is 6. The van der Waals surface area contributed by atoms with Gasteiger partial charge in [0.15, 0.2) is 11.5 Å². The Labute approximate surface area is 159 Å². The zero-order valence-corrected chi connectivity index (χ0v) is 16.1. The van der Waals surface area contributed by atoms with E-state index in [4.69, 9.17) is 14.2 Å². The van der Waals surface area contributed by atoms with E-state index in [9.17, 15) is 4.79 Å². The number of methoxy groups -OCH3 is 3. The number of rotatable bonds is 6. The molecular formula is C20H25N3O4. The average Bonchev–Trinajstić information content (AvgIpc) is 2.70. The summed E-state index contributed by atoms with van der Waals surface area (Å²) in [7, 11) is 4.74. The van der Waals surface area contributed by atoms with Crippen LogP contribution in [0.25, 0.3) is 11.3 Å². The van der Waals surface area contributed by atoms with Gasteiger partial charge >= 0.3 is 0 Å². The van der Waals surface area contributed by atoms with Crippen LogP contribution in [0.4, 0.5) is 0 Å². The van der Waals surface area contributed by atoms with Crippen LogP contribution in [0.1, 0.15) is 12.5 Å². The van der Waals surface area contributed by atoms with E-state index in [1.54, 1.807) is 27.5 Å². The Morgan fingerprint density at radius 3 is 2.48 bits per heavy atom. The Kier molecular flexibility index (Phi) is 5.81. The summed E-state index contributed by atoms with van der Waals surface area (Å²) >= 11 is 0. The van der Waals surface area contributed by atoms with Crippen molar-refractivity contribution in [3.63, 3.8) is 0 Å². The zero-order valence-electron chi connectivity index (χ0n) is 16.1. The highest BCUT2D eigenvalue weighted by Gasteiger charge is 2.24. The number of aromatic nitrogens is 1. The van der Waals surface area contributed by atoms with Gasteiger partial charge in [-0.3, -0.25) is 9.78 Å². The third kappa shape index (κ3) is 3.98. The second-order valence-electron chi connectivity index (χ2n) is 6.40. The minimum atomic E-state index is -0.143. The van der Waals surface area contributed by atoms with Crippen molar-refractivity contribution in [3.8, 4) is 28.5 Å². The predicted molar refractivity (Wildman–Crippen MR) is 102 cm³/mol. The second-order valence-corrected chi connectivity index (χ2v) is 6.40. The quantitative estimate of drug-likeness (QED) is 0.838. The zero-order chi connectivity index (χ0) is 19.4. The van der Waals surface area contributed by atoms with Crippen molar-refractivity contribution in [2.24, 2.45) is 0 Å². The Morgan fingerprint density at radius 2 is 1.85 bits per heavy atom. The Morgan fingerprint density at radius 1 is 1.15 bits per heavy atom. The van der Waals surface area contributed by atoms with E-state index in [-0.39, 0.29) is 11.9 Å². The number of amides is 1. The fraction of sp³-hybridized carbons (Fsp3) is 0.400. The number of nitrogens with zero attached hydrogens (tertiary/aromatic N) is 2. The molecule has 1 amide bonds. The van der Waals surface area contributed by atoms with Gasteiger partial charge in [-0.2, -0.15) is 0 Å². The lowest BCUT2D eigenvalue weighted by atomic mass is 10.1. The summed E-state index contributed by atoms with van der Waals surface area (Å²) < 4.78 is 16.2. The lowest BCUT2D eigenvalue weighted by molar-refractivity contribution is -0.135. The normalized spacial score (nSPS) is 17.0. The Balaban J connectivity index is 1.90. The largest absolute Gasteiger partial charge is 0.493 e. The number of carbonyl (C=O) groups excluding carboxylic acids is 1. The SMILES string of the molecule is COc1cc(-c2cc(CN3CCNC(C)C3=O)ccn2)cc(OC)c1OC. The van der Waals surface area contributed by atoms with Crippen LogP contribution < -0.4 is 19.5 Å². The van der Waals surface area contributed by atoms with Crippen LogP contribution in [0.15, 0.2) is 30.5 Å². The van der Waals surface area contributed by atoms with E-state index in [1.165, 1.54) is 0 Å². The van der Waals surface area contributed by atoms with Gasteiger partial charge in [0.1, 0.15) is 0 Å². The minimum absolute atomic E-state index is 0.118. The van der Waals surface area contributed by atoms with Crippen LogP contribution in [0.3, 0.4) is 0 Å². The van der Waals surface area contributed by atoms with Crippen LogP contribution in [0.2, 0.25) is 0 Å². The number of piperazine rings is 1. The van der Waals surface area contributed by atoms with Gasteiger partial charge in [0.2, 0.25) is 11.7 Å². The highest BCUT2D eigenvalue weighted by molar-refractivity contribution is 5.82. The summed E-state index contributed by atoms with van der Waals surface area (Å²) in [5.74, 6) is 1.81. The molecule has 2 aromatic rings. The lowest BCUT2D eigenvalue weighted by Crippen LogP contribution is -2.53. The van der Waals surface area contributed by atoms with Crippen LogP contribution in [0.5, 0.6) is 17.2 Å². The summed E-state index contributed by atoms with van der Waals surface area (Å²) in [5.41, 5.74) is 2.66. The molecule has 0 saturated carbocycles. The maximum atomic E-state index is 12.3. The predicted octanol–water partition coefficient (Wildman–Crippen LogP) is 2.09. The summed E-state index contributed by atoms with van der Waals surface area (Å²) in [6.45, 7) is 3.95. The van der Waals surface area contributed by atoms with Crippen LogP contribution in [-0.2, 0) is 11.3 Å². The molecule has 0 spiro atoms. The Bertz CT molecular complexity index is 800. The first kappa shape index (κ1) is 19.0. The summed E-state index contributed by atoms with van der Waals surface area (Å²) in [5, 5.41) is 3.18. The molecule has 3 rings (SSSR count). The second kappa shape index (κ2) is 8.26. The molecule has 1 aliphatic rings. The molecule has 1 N–H and O–H groups in total. The smallest absolute Gasteiger partial charge is 0.239 e. The molecule has 1 atom stereocenters. The van der Waals surface area contributed by atoms with Gasteiger partial charge in [-0.05, 0) is 36.8 Å². The molecule has 1 aliphatic heterocycles. The fourth-order valence-electron chi connectivity index (χ4n) is 3.22. The van der Waals surface area contributed by atoms with Crippen molar-refractivity contribution in [1.29, 1.82) is 0 Å². The molecule has 1 unspecified atom stereocenters. The third-order valence-electron chi connectivity index (χ3n) is 4.67. The first-order valence-electron chi connectivity index (χ1n) is 8.84. The Hall–Kier alpha value is -2.80. The topological polar surface area (TPSA) is 72.9 Å². The fourth-order valence-corrected chi connectivity index (χ4v) is 3.22. The van der Waals surface area contributed by atoms with E-state index < -0.39 is 0 Å². The molecular weight excluding hydrogens is 346 g/mol. The summed E-state index contributed by atoms with van der Waals surface area (Å²) in [6, 6.07) is 7.51. The summed E-state index contributed by atoms with van der Waals surface area (Å²) in [4.78, 5) is 18.7. The molecule has 1 aromatic heterocycles. The molecule has 27 heavy (non-hydrogen) atoms. The standard InChI is InChI=1S/C20H25N3O4/c1-13-20(24)23(8-7-21-13)12-14-5-6-22-16(9-14)15-10-17(25-2)19(27-4)18(11-15)26-3/h5-6,9-11,13,21H,7-8,12H2,1-4H3. The summed E-state index contributed by atoms with van der Waals surface area (Å²) in [6.07, 6.45) is 1.75. The van der Waals surface area contributed by atoms with Gasteiger partial charge in [-0.15, -0.1) is 0 Å². The van der Waals surface area contributed by atoms with Crippen molar-refractivity contribution in [1.82, 2.24) is 15.2 Å². The molecule has 144 valence electrons. The maximum absolute atomic E-state index is 12.3. The van der Waals surface area contributed by atoms with Crippen molar-refractivity contribution < 1.29 is 19.0 Å². The highest BCUT2D eigenvalue weighted by atomic mass is 16.5. The van der Waals surface area contributed by atoms with Crippen molar-refractivity contribution in [3.05, 3.63) is 36.0 Å². The van der Waals surface area contributed by atoms with Gasteiger partial charge in [-0.25, -0.2) is 0 Å². The first-order valence-corrected chi connectivity index (χ1v) is 8.84. The van der Waals surface area contributed by atoms with E-state index in [2.05, 4.69) is 10.3 Å². The lowest BCUT2D eigenvalue weighted by Gasteiger charge is -2.31. The minimum Gasteiger partial charge on any atom is -0.493 e. The monoisotopic (exact) mass is 371 g/mol. The average molecular weight is 371 g/mol. The molecule has 7 nitrogen and oxygen atoms in total.